The highest BCUT2D eigenvalue weighted by atomic mass is 16.5. The van der Waals surface area contributed by atoms with Crippen molar-refractivity contribution in [2.24, 2.45) is 5.73 Å². The Balaban J connectivity index is 2.38. The molecule has 1 heterocycles. The van der Waals surface area contributed by atoms with E-state index in [1.807, 2.05) is 0 Å². The number of hydrogen-bond donors (Lipinski definition) is 1. The van der Waals surface area contributed by atoms with Crippen molar-refractivity contribution in [3.63, 3.8) is 0 Å². The Kier molecular flexibility index (Phi) is 2.05. The number of ether oxygens (including phenoxy) is 1. The highest BCUT2D eigenvalue weighted by Crippen LogP contribution is 2.07. The van der Waals surface area contributed by atoms with E-state index in [9.17, 15) is 0 Å². The van der Waals surface area contributed by atoms with Crippen molar-refractivity contribution < 1.29 is 4.74 Å². The highest BCUT2D eigenvalue weighted by molar-refractivity contribution is 4.85. The molecule has 0 amide bonds. The number of hydrogen-bond acceptors (Lipinski definition) is 3. The zero-order chi connectivity index (χ0) is 6.85. The van der Waals surface area contributed by atoms with Crippen LogP contribution in [-0.2, 0) is 4.74 Å². The van der Waals surface area contributed by atoms with Crippen LogP contribution < -0.4 is 5.73 Å². The van der Waals surface area contributed by atoms with Gasteiger partial charge in [0.25, 0.3) is 0 Å². The molecule has 3 heteroatoms. The Morgan fingerprint density at radius 3 is 2.44 bits per heavy atom. The summed E-state index contributed by atoms with van der Waals surface area (Å²) in [5.41, 5.74) is 5.71. The third-order valence-corrected chi connectivity index (χ3v) is 1.79. The van der Waals surface area contributed by atoms with Crippen molar-refractivity contribution in [2.45, 2.75) is 12.1 Å². The third kappa shape index (κ3) is 1.41. The summed E-state index contributed by atoms with van der Waals surface area (Å²) in [4.78, 5) is 2.18. The Morgan fingerprint density at radius 2 is 2.22 bits per heavy atom. The van der Waals surface area contributed by atoms with Gasteiger partial charge in [-0.15, -0.1) is 0 Å². The van der Waals surface area contributed by atoms with E-state index in [-0.39, 0.29) is 12.1 Å². The predicted molar refractivity (Wildman–Crippen MR) is 36.3 cm³/mol. The summed E-state index contributed by atoms with van der Waals surface area (Å²) < 4.78 is 5.13. The van der Waals surface area contributed by atoms with Crippen molar-refractivity contribution in [1.29, 1.82) is 0 Å². The van der Waals surface area contributed by atoms with Gasteiger partial charge in [0.1, 0.15) is 0 Å². The third-order valence-electron chi connectivity index (χ3n) is 1.79. The summed E-state index contributed by atoms with van der Waals surface area (Å²) in [6.45, 7) is 1.93. The van der Waals surface area contributed by atoms with Gasteiger partial charge in [0.15, 0.2) is 0 Å². The number of rotatable bonds is 1. The van der Waals surface area contributed by atoms with E-state index in [2.05, 4.69) is 11.9 Å². The van der Waals surface area contributed by atoms with E-state index in [0.717, 1.165) is 13.1 Å². The second-order valence-electron chi connectivity index (χ2n) is 2.66. The lowest BCUT2D eigenvalue weighted by atomic mass is 10.2. The first-order valence-corrected chi connectivity index (χ1v) is 3.21. The van der Waals surface area contributed by atoms with E-state index in [1.54, 1.807) is 7.11 Å². The SMILES string of the molecule is COC1CN(C)CC1N. The van der Waals surface area contributed by atoms with Gasteiger partial charge in [0.05, 0.1) is 6.10 Å². The van der Waals surface area contributed by atoms with Crippen LogP contribution in [0.2, 0.25) is 0 Å². The van der Waals surface area contributed by atoms with Crippen molar-refractivity contribution in [3.8, 4) is 0 Å². The lowest BCUT2D eigenvalue weighted by molar-refractivity contribution is 0.100. The molecule has 1 fully saturated rings. The molecule has 0 spiro atoms. The molecule has 1 aliphatic rings. The molecule has 1 saturated heterocycles. The molecule has 0 saturated carbocycles. The molecular formula is C6H14N2O. The zero-order valence-corrected chi connectivity index (χ0v) is 6.00. The van der Waals surface area contributed by atoms with Crippen LogP contribution in [0.5, 0.6) is 0 Å². The van der Waals surface area contributed by atoms with Crippen LogP contribution >= 0.6 is 0 Å². The van der Waals surface area contributed by atoms with Gasteiger partial charge in [0.2, 0.25) is 0 Å². The fourth-order valence-corrected chi connectivity index (χ4v) is 1.24. The molecule has 54 valence electrons. The Hall–Kier alpha value is -0.120. The first-order valence-electron chi connectivity index (χ1n) is 3.21. The minimum absolute atomic E-state index is 0.208. The standard InChI is InChI=1S/C6H14N2O/c1-8-3-5(7)6(4-8)9-2/h5-6H,3-4,7H2,1-2H3. The van der Waals surface area contributed by atoms with Crippen molar-refractivity contribution in [3.05, 3.63) is 0 Å². The molecule has 2 N–H and O–H groups in total. The number of nitrogens with two attached hydrogens (primary N) is 1. The van der Waals surface area contributed by atoms with Gasteiger partial charge < -0.3 is 15.4 Å². The zero-order valence-electron chi connectivity index (χ0n) is 6.00. The normalized spacial score (nSPS) is 37.7. The maximum absolute atomic E-state index is 5.71. The van der Waals surface area contributed by atoms with Gasteiger partial charge in [-0.2, -0.15) is 0 Å². The number of nitrogens with zero attached hydrogens (tertiary/aromatic N) is 1. The first kappa shape index (κ1) is 6.99. The summed E-state index contributed by atoms with van der Waals surface area (Å²) >= 11 is 0. The number of likely N-dealkylation sites (N-methyl/N-ethyl adjacent to an activating group) is 1. The maximum Gasteiger partial charge on any atom is 0.0861 e. The van der Waals surface area contributed by atoms with Crippen molar-refractivity contribution in [1.82, 2.24) is 4.90 Å². The van der Waals surface area contributed by atoms with Crippen molar-refractivity contribution >= 4 is 0 Å². The number of methoxy groups -OCH3 is 1. The largest absolute Gasteiger partial charge is 0.378 e. The van der Waals surface area contributed by atoms with E-state index in [4.69, 9.17) is 10.5 Å². The maximum atomic E-state index is 5.71. The van der Waals surface area contributed by atoms with Gasteiger partial charge in [0, 0.05) is 26.2 Å². The molecule has 2 unspecified atom stereocenters. The van der Waals surface area contributed by atoms with Gasteiger partial charge >= 0.3 is 0 Å². The minimum Gasteiger partial charge on any atom is -0.378 e. The van der Waals surface area contributed by atoms with Crippen LogP contribution in [-0.4, -0.2) is 44.3 Å². The average molecular weight is 130 g/mol. The molecule has 0 aromatic carbocycles. The second kappa shape index (κ2) is 2.64. The van der Waals surface area contributed by atoms with E-state index >= 15 is 0 Å². The molecular weight excluding hydrogens is 116 g/mol. The number of likely N-dealkylation sites (tertiary alicyclic amines) is 1. The Bertz CT molecular complexity index is 97.1. The van der Waals surface area contributed by atoms with Gasteiger partial charge in [-0.1, -0.05) is 0 Å². The van der Waals surface area contributed by atoms with Crippen LogP contribution in [0, 0.1) is 0 Å². The second-order valence-corrected chi connectivity index (χ2v) is 2.66. The Labute approximate surface area is 55.8 Å². The van der Waals surface area contributed by atoms with Crippen molar-refractivity contribution in [2.75, 3.05) is 27.2 Å². The lowest BCUT2D eigenvalue weighted by Crippen LogP contribution is -2.34. The smallest absolute Gasteiger partial charge is 0.0861 e. The van der Waals surface area contributed by atoms with Crippen LogP contribution in [0.4, 0.5) is 0 Å². The van der Waals surface area contributed by atoms with E-state index in [1.165, 1.54) is 0 Å². The molecule has 9 heavy (non-hydrogen) atoms. The van der Waals surface area contributed by atoms with Gasteiger partial charge in [-0.25, -0.2) is 0 Å². The van der Waals surface area contributed by atoms with E-state index < -0.39 is 0 Å². The Morgan fingerprint density at radius 1 is 1.56 bits per heavy atom. The van der Waals surface area contributed by atoms with Crippen LogP contribution in [0.15, 0.2) is 0 Å². The fraction of sp³-hybridized carbons (Fsp3) is 1.00. The summed E-state index contributed by atoms with van der Waals surface area (Å²) in [5.74, 6) is 0. The fourth-order valence-electron chi connectivity index (χ4n) is 1.24. The summed E-state index contributed by atoms with van der Waals surface area (Å²) in [5, 5.41) is 0. The minimum atomic E-state index is 0.208. The van der Waals surface area contributed by atoms with Crippen LogP contribution in [0.1, 0.15) is 0 Å². The molecule has 0 aliphatic carbocycles. The summed E-state index contributed by atoms with van der Waals surface area (Å²) in [6.07, 6.45) is 0.245. The molecule has 2 atom stereocenters. The molecule has 0 aromatic rings. The first-order chi connectivity index (χ1) is 4.24. The molecule has 3 nitrogen and oxygen atoms in total. The molecule has 0 radical (unpaired) electrons. The molecule has 0 bridgehead atoms. The average Bonchev–Trinajstić information content (AvgIpc) is 2.10. The lowest BCUT2D eigenvalue weighted by Gasteiger charge is -2.10. The summed E-state index contributed by atoms with van der Waals surface area (Å²) in [7, 11) is 3.77. The van der Waals surface area contributed by atoms with Gasteiger partial charge in [-0.05, 0) is 7.05 Å². The molecule has 1 aliphatic heterocycles. The quantitative estimate of drug-likeness (QED) is 0.509. The molecule has 1 rings (SSSR count). The molecule has 0 aromatic heterocycles. The highest BCUT2D eigenvalue weighted by Gasteiger charge is 2.26. The van der Waals surface area contributed by atoms with Gasteiger partial charge in [-0.3, -0.25) is 0 Å². The van der Waals surface area contributed by atoms with Crippen LogP contribution in [0.25, 0.3) is 0 Å². The summed E-state index contributed by atoms with van der Waals surface area (Å²) in [6, 6.07) is 0.208. The predicted octanol–water partition coefficient (Wildman–Crippen LogP) is -0.726. The van der Waals surface area contributed by atoms with Crippen LogP contribution in [0.3, 0.4) is 0 Å². The van der Waals surface area contributed by atoms with E-state index in [0.29, 0.717) is 0 Å². The topological polar surface area (TPSA) is 38.5 Å². The monoisotopic (exact) mass is 130 g/mol.